The molecule has 0 bridgehead atoms. The van der Waals surface area contributed by atoms with E-state index in [0.29, 0.717) is 11.5 Å². The molecule has 0 saturated heterocycles. The van der Waals surface area contributed by atoms with Crippen molar-refractivity contribution in [3.05, 3.63) is 46.7 Å². The van der Waals surface area contributed by atoms with Crippen molar-refractivity contribution in [3.63, 3.8) is 0 Å². The number of benzene rings is 1. The van der Waals surface area contributed by atoms with Gasteiger partial charge in [0.25, 0.3) is 5.91 Å². The minimum absolute atomic E-state index is 0.221. The third-order valence-electron chi connectivity index (χ3n) is 3.29. The summed E-state index contributed by atoms with van der Waals surface area (Å²) in [6, 6.07) is 7.48. The summed E-state index contributed by atoms with van der Waals surface area (Å²) in [5.74, 6) is 0.451. The summed E-state index contributed by atoms with van der Waals surface area (Å²) in [5, 5.41) is 2.85. The Morgan fingerprint density at radius 1 is 1.13 bits per heavy atom. The zero-order chi connectivity index (χ0) is 16.7. The first-order chi connectivity index (χ1) is 11.2. The molecule has 0 aliphatic rings. The van der Waals surface area contributed by atoms with E-state index in [1.54, 1.807) is 12.4 Å². The number of amides is 1. The van der Waals surface area contributed by atoms with Crippen LogP contribution in [0.5, 0.6) is 0 Å². The molecule has 6 heteroatoms. The number of hydrogen-bond acceptors (Lipinski definition) is 4. The van der Waals surface area contributed by atoms with E-state index in [4.69, 9.17) is 0 Å². The molecule has 0 fully saturated rings. The van der Waals surface area contributed by atoms with Crippen LogP contribution in [0, 0.1) is 0 Å². The molecule has 0 aliphatic carbocycles. The van der Waals surface area contributed by atoms with Gasteiger partial charge in [-0.05, 0) is 40.9 Å². The highest BCUT2D eigenvalue weighted by atomic mass is 79.9. The normalized spacial score (nSPS) is 10.4. The summed E-state index contributed by atoms with van der Waals surface area (Å²) < 4.78 is 0.836. The van der Waals surface area contributed by atoms with Gasteiger partial charge in [-0.15, -0.1) is 0 Å². The highest BCUT2D eigenvalue weighted by molar-refractivity contribution is 9.10. The largest absolute Gasteiger partial charge is 0.341 e. The van der Waals surface area contributed by atoms with Gasteiger partial charge in [0.2, 0.25) is 5.95 Å². The molecule has 1 amide bonds. The van der Waals surface area contributed by atoms with Crippen molar-refractivity contribution in [2.24, 2.45) is 0 Å². The molecule has 23 heavy (non-hydrogen) atoms. The van der Waals surface area contributed by atoms with Crippen LogP contribution in [0.2, 0.25) is 0 Å². The number of rotatable bonds is 7. The van der Waals surface area contributed by atoms with Crippen LogP contribution in [-0.2, 0) is 0 Å². The van der Waals surface area contributed by atoms with E-state index in [1.807, 2.05) is 24.3 Å². The summed E-state index contributed by atoms with van der Waals surface area (Å²) in [7, 11) is 0. The van der Waals surface area contributed by atoms with Gasteiger partial charge >= 0.3 is 0 Å². The fourth-order valence-corrected chi connectivity index (χ4v) is 2.59. The zero-order valence-corrected chi connectivity index (χ0v) is 15.0. The van der Waals surface area contributed by atoms with Gasteiger partial charge in [-0.25, -0.2) is 9.97 Å². The van der Waals surface area contributed by atoms with Gasteiger partial charge in [-0.3, -0.25) is 4.79 Å². The fraction of sp³-hybridized carbons (Fsp3) is 0.353. The Kier molecular flexibility index (Phi) is 6.52. The average molecular weight is 377 g/mol. The van der Waals surface area contributed by atoms with Gasteiger partial charge in [0.15, 0.2) is 0 Å². The van der Waals surface area contributed by atoms with E-state index < -0.39 is 0 Å². The van der Waals surface area contributed by atoms with Gasteiger partial charge < -0.3 is 10.2 Å². The van der Waals surface area contributed by atoms with E-state index in [1.165, 1.54) is 0 Å². The van der Waals surface area contributed by atoms with E-state index in [9.17, 15) is 4.79 Å². The van der Waals surface area contributed by atoms with Crippen molar-refractivity contribution < 1.29 is 4.79 Å². The van der Waals surface area contributed by atoms with E-state index in [0.717, 1.165) is 36.1 Å². The van der Waals surface area contributed by atoms with Crippen LogP contribution >= 0.6 is 15.9 Å². The van der Waals surface area contributed by atoms with Crippen molar-refractivity contribution in [3.8, 4) is 0 Å². The maximum atomic E-state index is 12.3. The lowest BCUT2D eigenvalue weighted by atomic mass is 10.3. The molecule has 0 saturated carbocycles. The Morgan fingerprint density at radius 2 is 1.74 bits per heavy atom. The van der Waals surface area contributed by atoms with Crippen molar-refractivity contribution >= 4 is 33.5 Å². The van der Waals surface area contributed by atoms with Crippen LogP contribution in [0.1, 0.15) is 37.0 Å². The number of aromatic nitrogens is 2. The molecule has 2 aromatic rings. The average Bonchev–Trinajstić information content (AvgIpc) is 2.57. The number of halogens is 1. The van der Waals surface area contributed by atoms with Crippen molar-refractivity contribution in [1.29, 1.82) is 0 Å². The molecule has 2 rings (SSSR count). The molecule has 0 atom stereocenters. The van der Waals surface area contributed by atoms with Crippen LogP contribution < -0.4 is 10.2 Å². The number of carbonyl (C=O) groups is 1. The molecular formula is C17H21BrN4O. The third-order valence-corrected chi connectivity index (χ3v) is 3.98. The van der Waals surface area contributed by atoms with Gasteiger partial charge in [0.05, 0.1) is 11.3 Å². The topological polar surface area (TPSA) is 58.1 Å². The zero-order valence-electron chi connectivity index (χ0n) is 13.4. The molecule has 1 aromatic carbocycles. The Bertz CT molecular complexity index is 639. The molecule has 1 aromatic heterocycles. The third kappa shape index (κ3) is 4.76. The van der Waals surface area contributed by atoms with Crippen molar-refractivity contribution in [2.75, 3.05) is 23.3 Å². The SMILES string of the molecule is CCCN(CCC)c1ncc(C(=O)Nc2ccccc2Br)cn1. The molecule has 0 aliphatic heterocycles. The predicted octanol–water partition coefficient (Wildman–Crippen LogP) is 4.12. The first-order valence-corrected chi connectivity index (χ1v) is 8.57. The predicted molar refractivity (Wildman–Crippen MR) is 96.9 cm³/mol. The number of nitrogens with one attached hydrogen (secondary N) is 1. The van der Waals surface area contributed by atoms with Crippen LogP contribution in [0.3, 0.4) is 0 Å². The summed E-state index contributed by atoms with van der Waals surface area (Å²) in [6.45, 7) is 6.08. The molecule has 122 valence electrons. The Labute approximate surface area is 145 Å². The fourth-order valence-electron chi connectivity index (χ4n) is 2.21. The quantitative estimate of drug-likeness (QED) is 0.789. The number of carbonyl (C=O) groups excluding carboxylic acids is 1. The minimum atomic E-state index is -0.221. The molecule has 0 unspecified atom stereocenters. The number of nitrogens with zero attached hydrogens (tertiary/aromatic N) is 3. The van der Waals surface area contributed by atoms with Gasteiger partial charge in [0.1, 0.15) is 0 Å². The minimum Gasteiger partial charge on any atom is -0.341 e. The van der Waals surface area contributed by atoms with Crippen molar-refractivity contribution in [1.82, 2.24) is 9.97 Å². The first kappa shape index (κ1) is 17.4. The standard InChI is InChI=1S/C17H21BrN4O/c1-3-9-22(10-4-2)17-19-11-13(12-20-17)16(23)21-15-8-6-5-7-14(15)18/h5-8,11-12H,3-4,9-10H2,1-2H3,(H,21,23). The van der Waals surface area contributed by atoms with Gasteiger partial charge in [-0.1, -0.05) is 26.0 Å². The first-order valence-electron chi connectivity index (χ1n) is 7.78. The number of anilines is 2. The second-order valence-corrected chi connectivity index (χ2v) is 6.05. The van der Waals surface area contributed by atoms with Crippen LogP contribution in [0.25, 0.3) is 0 Å². The second-order valence-electron chi connectivity index (χ2n) is 5.19. The summed E-state index contributed by atoms with van der Waals surface area (Å²) in [6.07, 6.45) is 5.22. The molecule has 1 N–H and O–H groups in total. The van der Waals surface area contributed by atoms with E-state index in [2.05, 4.69) is 50.0 Å². The van der Waals surface area contributed by atoms with E-state index in [-0.39, 0.29) is 5.91 Å². The smallest absolute Gasteiger partial charge is 0.258 e. The second kappa shape index (κ2) is 8.62. The van der Waals surface area contributed by atoms with E-state index >= 15 is 0 Å². The highest BCUT2D eigenvalue weighted by Gasteiger charge is 2.12. The number of para-hydroxylation sites is 1. The lowest BCUT2D eigenvalue weighted by molar-refractivity contribution is 0.102. The number of hydrogen-bond donors (Lipinski definition) is 1. The van der Waals surface area contributed by atoms with Crippen LogP contribution in [0.4, 0.5) is 11.6 Å². The Morgan fingerprint density at radius 3 is 2.30 bits per heavy atom. The van der Waals surface area contributed by atoms with Gasteiger partial charge in [-0.2, -0.15) is 0 Å². The Balaban J connectivity index is 2.09. The summed E-state index contributed by atoms with van der Waals surface area (Å²) >= 11 is 3.41. The maximum absolute atomic E-state index is 12.3. The molecule has 1 heterocycles. The monoisotopic (exact) mass is 376 g/mol. The van der Waals surface area contributed by atoms with Gasteiger partial charge in [0, 0.05) is 30.0 Å². The Hall–Kier alpha value is -1.95. The highest BCUT2D eigenvalue weighted by Crippen LogP contribution is 2.21. The molecular weight excluding hydrogens is 356 g/mol. The summed E-state index contributed by atoms with van der Waals surface area (Å²) in [4.78, 5) is 23.1. The molecule has 0 radical (unpaired) electrons. The lowest BCUT2D eigenvalue weighted by Crippen LogP contribution is -2.27. The molecule has 5 nitrogen and oxygen atoms in total. The van der Waals surface area contributed by atoms with Crippen molar-refractivity contribution in [2.45, 2.75) is 26.7 Å². The lowest BCUT2D eigenvalue weighted by Gasteiger charge is -2.21. The van der Waals surface area contributed by atoms with Crippen LogP contribution in [0.15, 0.2) is 41.1 Å². The van der Waals surface area contributed by atoms with Crippen LogP contribution in [-0.4, -0.2) is 29.0 Å². The molecule has 0 spiro atoms. The maximum Gasteiger partial charge on any atom is 0.258 e. The summed E-state index contributed by atoms with van der Waals surface area (Å²) in [5.41, 5.74) is 1.16.